The van der Waals surface area contributed by atoms with Crippen LogP contribution in [0.2, 0.25) is 0 Å². The number of carbonyl (C=O) groups is 4. The molecule has 0 saturated heterocycles. The molecule has 70 heavy (non-hydrogen) atoms. The molecule has 6 aromatic carbocycles. The Hall–Kier alpha value is -7.04. The van der Waals surface area contributed by atoms with Crippen molar-refractivity contribution in [2.45, 2.75) is 116 Å². The molecule has 6 rings (SSSR count). The van der Waals surface area contributed by atoms with E-state index < -0.39 is 0 Å². The number of benzene rings is 6. The summed E-state index contributed by atoms with van der Waals surface area (Å²) in [5, 5.41) is 0. The fourth-order valence-corrected chi connectivity index (χ4v) is 8.34. The van der Waals surface area contributed by atoms with Crippen molar-refractivity contribution in [1.82, 2.24) is 0 Å². The second-order valence-electron chi connectivity index (χ2n) is 18.3. The first-order valence-corrected chi connectivity index (χ1v) is 25.2. The molecular weight excluding hydrogens is 857 g/mol. The van der Waals surface area contributed by atoms with E-state index in [4.69, 9.17) is 0 Å². The van der Waals surface area contributed by atoms with Crippen LogP contribution in [0.1, 0.15) is 112 Å². The van der Waals surface area contributed by atoms with Crippen LogP contribution in [-0.2, 0) is 89.8 Å². The Bertz CT molecular complexity index is 2480. The van der Waals surface area contributed by atoms with Crippen molar-refractivity contribution in [1.29, 1.82) is 0 Å². The molecule has 0 spiro atoms. The summed E-state index contributed by atoms with van der Waals surface area (Å²) < 4.78 is 0. The highest BCUT2D eigenvalue weighted by Gasteiger charge is 2.06. The van der Waals surface area contributed by atoms with E-state index in [9.17, 15) is 19.2 Å². The van der Waals surface area contributed by atoms with Crippen molar-refractivity contribution in [3.63, 3.8) is 0 Å². The maximum absolute atomic E-state index is 11.4. The van der Waals surface area contributed by atoms with Crippen LogP contribution in [-0.4, -0.2) is 23.1 Å². The zero-order valence-corrected chi connectivity index (χ0v) is 41.4. The van der Waals surface area contributed by atoms with Crippen LogP contribution < -0.4 is 0 Å². The van der Waals surface area contributed by atoms with Crippen LogP contribution in [0, 0.1) is 0 Å². The van der Waals surface area contributed by atoms with Crippen molar-refractivity contribution < 1.29 is 19.2 Å². The minimum Gasteiger partial charge on any atom is -0.295 e. The minimum atomic E-state index is 0.0933. The van der Waals surface area contributed by atoms with Gasteiger partial charge in [-0.2, -0.15) is 0 Å². The second-order valence-corrected chi connectivity index (χ2v) is 18.3. The topological polar surface area (TPSA) is 68.3 Å². The minimum absolute atomic E-state index is 0.0933. The molecule has 0 bridgehead atoms. The van der Waals surface area contributed by atoms with Crippen LogP contribution in [0.25, 0.3) is 0 Å². The molecule has 0 amide bonds. The first-order chi connectivity index (χ1) is 34.1. The average Bonchev–Trinajstić information content (AvgIpc) is 3.40. The lowest BCUT2D eigenvalue weighted by atomic mass is 9.98. The maximum atomic E-state index is 11.4. The Labute approximate surface area is 419 Å². The average molecular weight is 929 g/mol. The molecule has 0 atom stereocenters. The van der Waals surface area contributed by atoms with Gasteiger partial charge in [0.05, 0.1) is 0 Å². The Balaban J connectivity index is 0.000000261. The van der Waals surface area contributed by atoms with Gasteiger partial charge in [-0.1, -0.05) is 172 Å². The molecule has 6 aromatic rings. The van der Waals surface area contributed by atoms with E-state index >= 15 is 0 Å². The highest BCUT2D eigenvalue weighted by atomic mass is 16.1. The van der Waals surface area contributed by atoms with E-state index in [2.05, 4.69) is 172 Å². The van der Waals surface area contributed by atoms with Crippen LogP contribution in [0.15, 0.2) is 196 Å². The predicted molar refractivity (Wildman–Crippen MR) is 292 cm³/mol. The number of hydrogen-bond acceptors (Lipinski definition) is 4. The molecule has 4 heteroatoms. The Morgan fingerprint density at radius 1 is 0.243 bits per heavy atom. The molecule has 0 fully saturated rings. The normalized spacial score (nSPS) is 10.6. The van der Waals surface area contributed by atoms with Gasteiger partial charge < -0.3 is 0 Å². The van der Waals surface area contributed by atoms with Crippen LogP contribution >= 0.6 is 0 Å². The van der Waals surface area contributed by atoms with E-state index in [-0.39, 0.29) is 23.1 Å². The van der Waals surface area contributed by atoms with Crippen molar-refractivity contribution >= 4 is 23.1 Å². The highest BCUT2D eigenvalue weighted by Crippen LogP contribution is 2.18. The molecule has 0 radical (unpaired) electrons. The van der Waals surface area contributed by atoms with Crippen LogP contribution in [0.3, 0.4) is 0 Å². The molecule has 0 N–H and O–H groups in total. The zero-order chi connectivity index (χ0) is 49.8. The van der Waals surface area contributed by atoms with Crippen molar-refractivity contribution in [3.05, 3.63) is 263 Å². The Kier molecular flexibility index (Phi) is 23.4. The van der Waals surface area contributed by atoms with E-state index in [0.717, 1.165) is 89.9 Å². The predicted octanol–water partition coefficient (Wildman–Crippen LogP) is 14.2. The summed E-state index contributed by atoms with van der Waals surface area (Å²) in [5.74, 6) is 0.397. The largest absolute Gasteiger partial charge is 0.295 e. The number of rotatable bonds is 30. The van der Waals surface area contributed by atoms with E-state index in [0.29, 0.717) is 25.7 Å². The molecular formula is C66H72O4. The Morgan fingerprint density at radius 2 is 0.386 bits per heavy atom. The van der Waals surface area contributed by atoms with Gasteiger partial charge in [0.1, 0.15) is 0 Å². The number of allylic oxidation sites excluding steroid dienone is 4. The van der Waals surface area contributed by atoms with E-state index in [1.54, 1.807) is 0 Å². The monoisotopic (exact) mass is 929 g/mol. The van der Waals surface area contributed by atoms with Gasteiger partial charge in [-0.3, -0.25) is 19.2 Å². The number of hydrogen-bond donors (Lipinski definition) is 0. The van der Waals surface area contributed by atoms with Gasteiger partial charge in [0.25, 0.3) is 0 Å². The van der Waals surface area contributed by atoms with Crippen molar-refractivity contribution in [2.75, 3.05) is 0 Å². The number of carbonyl (C=O) groups excluding carboxylic acids is 4. The lowest BCUT2D eigenvalue weighted by Crippen LogP contribution is -1.96. The number of aryl methyl sites for hydroxylation is 10. The molecule has 360 valence electrons. The van der Waals surface area contributed by atoms with Gasteiger partial charge in [0.15, 0.2) is 23.1 Å². The van der Waals surface area contributed by atoms with Gasteiger partial charge in [-0.05, 0) is 181 Å². The van der Waals surface area contributed by atoms with Crippen LogP contribution in [0.4, 0.5) is 0 Å². The summed E-state index contributed by atoms with van der Waals surface area (Å²) in [7, 11) is 0. The SMILES string of the molecule is C=CC(=O)CCc1ccc(CCCc2ccc(CCCc3ccc(CCC(=O)C=C)cc3)cc2)cc1.C=CC(=O)CCc1ccc(CCCc2ccc(Cc3ccc(CCC(=O)C=C)cc3)cc2)cc1. The molecule has 0 aliphatic rings. The highest BCUT2D eigenvalue weighted by molar-refractivity contribution is 5.90. The summed E-state index contributed by atoms with van der Waals surface area (Å²) in [6.07, 6.45) is 21.5. The second kappa shape index (κ2) is 30.4. The third-order valence-corrected chi connectivity index (χ3v) is 12.9. The van der Waals surface area contributed by atoms with Crippen molar-refractivity contribution in [3.8, 4) is 0 Å². The van der Waals surface area contributed by atoms with Gasteiger partial charge >= 0.3 is 0 Å². The third kappa shape index (κ3) is 20.7. The summed E-state index contributed by atoms with van der Waals surface area (Å²) in [6, 6.07) is 52.5. The fraction of sp³-hybridized carbons (Fsp3) is 0.273. The smallest absolute Gasteiger partial charge is 0.155 e. The van der Waals surface area contributed by atoms with Crippen LogP contribution in [0.5, 0.6) is 0 Å². The lowest BCUT2D eigenvalue weighted by Gasteiger charge is -2.07. The standard InChI is InChI=1S/C34H38O2.C32H34O2/c1-3-33(35)25-23-31-19-15-29(16-20-31)9-5-7-27-11-13-28(14-12-27)8-6-10-30-17-21-32(22-18-30)24-26-34(36)4-2;1-3-31(33)22-20-27-10-8-25(9-11-27)6-5-7-26-12-16-29(17-13-26)24-30-18-14-28(15-19-30)21-23-32(34)4-2/h3-4,11-22H,1-2,5-10,23-26H2;3-4,8-19H,1-2,5-7,20-24H2. The fourth-order valence-electron chi connectivity index (χ4n) is 8.34. The molecule has 0 aromatic heterocycles. The lowest BCUT2D eigenvalue weighted by molar-refractivity contribution is -0.115. The zero-order valence-electron chi connectivity index (χ0n) is 41.4. The molecule has 0 heterocycles. The molecule has 0 aliphatic heterocycles. The van der Waals surface area contributed by atoms with E-state index in [1.807, 2.05) is 0 Å². The first kappa shape index (κ1) is 53.9. The summed E-state index contributed by atoms with van der Waals surface area (Å²) in [4.78, 5) is 45.5. The van der Waals surface area contributed by atoms with Gasteiger partial charge in [0.2, 0.25) is 0 Å². The molecule has 0 saturated carbocycles. The first-order valence-electron chi connectivity index (χ1n) is 25.2. The Morgan fingerprint density at radius 3 is 0.543 bits per heavy atom. The molecule has 0 aliphatic carbocycles. The maximum Gasteiger partial charge on any atom is 0.155 e. The molecule has 4 nitrogen and oxygen atoms in total. The summed E-state index contributed by atoms with van der Waals surface area (Å²) in [6.45, 7) is 14.1. The number of ketones is 4. The molecule has 0 unspecified atom stereocenters. The summed E-state index contributed by atoms with van der Waals surface area (Å²) >= 11 is 0. The quantitative estimate of drug-likeness (QED) is 0.0422. The van der Waals surface area contributed by atoms with Gasteiger partial charge in [0, 0.05) is 25.7 Å². The van der Waals surface area contributed by atoms with E-state index in [1.165, 1.54) is 91.1 Å². The third-order valence-electron chi connectivity index (χ3n) is 12.9. The van der Waals surface area contributed by atoms with Gasteiger partial charge in [-0.25, -0.2) is 0 Å². The summed E-state index contributed by atoms with van der Waals surface area (Å²) in [5.41, 5.74) is 15.6. The van der Waals surface area contributed by atoms with Gasteiger partial charge in [-0.15, -0.1) is 0 Å². The van der Waals surface area contributed by atoms with Crippen molar-refractivity contribution in [2.24, 2.45) is 0 Å².